The van der Waals surface area contributed by atoms with Crippen molar-refractivity contribution < 1.29 is 14.6 Å². The first kappa shape index (κ1) is 15.1. The molecule has 1 fully saturated rings. The molecule has 2 rings (SSSR count). The Morgan fingerprint density at radius 3 is 2.75 bits per heavy atom. The first-order valence-corrected chi connectivity index (χ1v) is 7.25. The summed E-state index contributed by atoms with van der Waals surface area (Å²) in [5, 5.41) is 10.3. The number of aliphatic hydroxyl groups is 1. The van der Waals surface area contributed by atoms with Gasteiger partial charge in [-0.2, -0.15) is 0 Å². The minimum absolute atomic E-state index is 0.269. The van der Waals surface area contributed by atoms with Crippen LogP contribution in [0.4, 0.5) is 0 Å². The van der Waals surface area contributed by atoms with Crippen molar-refractivity contribution in [2.45, 2.75) is 37.8 Å². The summed E-state index contributed by atoms with van der Waals surface area (Å²) in [5.74, 6) is 1.62. The molecule has 0 unspecified atom stereocenters. The fraction of sp³-hybridized carbons (Fsp3) is 0.625. The Morgan fingerprint density at radius 1 is 1.35 bits per heavy atom. The SMILES string of the molecule is COc1ccc(CC[C@@H](O)[C@H]2CCCN2C)c(OC)c1. The maximum Gasteiger partial charge on any atom is 0.125 e. The van der Waals surface area contributed by atoms with E-state index in [1.165, 1.54) is 6.42 Å². The van der Waals surface area contributed by atoms with Crippen molar-refractivity contribution in [3.05, 3.63) is 23.8 Å². The largest absolute Gasteiger partial charge is 0.497 e. The minimum Gasteiger partial charge on any atom is -0.497 e. The van der Waals surface area contributed by atoms with Crippen LogP contribution >= 0.6 is 0 Å². The van der Waals surface area contributed by atoms with Crippen molar-refractivity contribution in [1.82, 2.24) is 4.90 Å². The second-order valence-corrected chi connectivity index (χ2v) is 5.47. The van der Waals surface area contributed by atoms with Gasteiger partial charge in [0.15, 0.2) is 0 Å². The highest BCUT2D eigenvalue weighted by Gasteiger charge is 2.27. The Labute approximate surface area is 121 Å². The van der Waals surface area contributed by atoms with Crippen molar-refractivity contribution >= 4 is 0 Å². The molecule has 0 spiro atoms. The quantitative estimate of drug-likeness (QED) is 0.866. The summed E-state index contributed by atoms with van der Waals surface area (Å²) in [4.78, 5) is 2.26. The lowest BCUT2D eigenvalue weighted by molar-refractivity contribution is 0.0787. The zero-order valence-corrected chi connectivity index (χ0v) is 12.6. The molecule has 20 heavy (non-hydrogen) atoms. The Bertz CT molecular complexity index is 436. The van der Waals surface area contributed by atoms with Gasteiger partial charge in [-0.25, -0.2) is 0 Å². The molecule has 1 aromatic rings. The fourth-order valence-electron chi connectivity index (χ4n) is 2.98. The number of nitrogens with zero attached hydrogens (tertiary/aromatic N) is 1. The molecule has 0 aliphatic carbocycles. The number of likely N-dealkylation sites (N-methyl/N-ethyl adjacent to an activating group) is 1. The zero-order chi connectivity index (χ0) is 14.5. The Morgan fingerprint density at radius 2 is 2.15 bits per heavy atom. The summed E-state index contributed by atoms with van der Waals surface area (Å²) in [6, 6.07) is 6.15. The predicted molar refractivity (Wildman–Crippen MR) is 79.5 cm³/mol. The van der Waals surface area contributed by atoms with E-state index >= 15 is 0 Å². The predicted octanol–water partition coefficient (Wildman–Crippen LogP) is 2.09. The average molecular weight is 279 g/mol. The molecule has 4 nitrogen and oxygen atoms in total. The first-order valence-electron chi connectivity index (χ1n) is 7.25. The van der Waals surface area contributed by atoms with Crippen molar-refractivity contribution in [2.75, 3.05) is 27.8 Å². The molecule has 1 aliphatic rings. The number of benzene rings is 1. The number of hydrogen-bond acceptors (Lipinski definition) is 4. The molecular formula is C16H25NO3. The van der Waals surface area contributed by atoms with Crippen molar-refractivity contribution in [3.8, 4) is 11.5 Å². The second kappa shape index (κ2) is 6.95. The van der Waals surface area contributed by atoms with Crippen LogP contribution in [0.15, 0.2) is 18.2 Å². The van der Waals surface area contributed by atoms with Gasteiger partial charge in [-0.05, 0) is 50.9 Å². The molecule has 2 atom stereocenters. The summed E-state index contributed by atoms with van der Waals surface area (Å²) in [5.41, 5.74) is 1.12. The summed E-state index contributed by atoms with van der Waals surface area (Å²) in [7, 11) is 5.41. The number of aryl methyl sites for hydroxylation is 1. The van der Waals surface area contributed by atoms with Crippen LogP contribution in [0.5, 0.6) is 11.5 Å². The van der Waals surface area contributed by atoms with Crippen LogP contribution in [-0.4, -0.2) is 50.0 Å². The summed E-state index contributed by atoms with van der Waals surface area (Å²) >= 11 is 0. The topological polar surface area (TPSA) is 41.9 Å². The first-order chi connectivity index (χ1) is 9.65. The second-order valence-electron chi connectivity index (χ2n) is 5.47. The van der Waals surface area contributed by atoms with Crippen molar-refractivity contribution in [2.24, 2.45) is 0 Å². The Kier molecular flexibility index (Phi) is 5.26. The maximum absolute atomic E-state index is 10.3. The lowest BCUT2D eigenvalue weighted by Crippen LogP contribution is -2.36. The molecule has 4 heteroatoms. The van der Waals surface area contributed by atoms with Crippen LogP contribution in [0.25, 0.3) is 0 Å². The lowest BCUT2D eigenvalue weighted by Gasteiger charge is -2.25. The van der Waals surface area contributed by atoms with Gasteiger partial charge in [-0.1, -0.05) is 6.07 Å². The molecule has 0 aromatic heterocycles. The Balaban J connectivity index is 1.96. The number of aliphatic hydroxyl groups excluding tert-OH is 1. The molecule has 0 amide bonds. The number of ether oxygens (including phenoxy) is 2. The third kappa shape index (κ3) is 3.44. The van der Waals surface area contributed by atoms with Crippen LogP contribution < -0.4 is 9.47 Å². The van der Waals surface area contributed by atoms with Gasteiger partial charge in [0.05, 0.1) is 20.3 Å². The number of methoxy groups -OCH3 is 2. The van der Waals surface area contributed by atoms with E-state index in [4.69, 9.17) is 9.47 Å². The number of hydrogen-bond donors (Lipinski definition) is 1. The van der Waals surface area contributed by atoms with Gasteiger partial charge in [0.2, 0.25) is 0 Å². The van der Waals surface area contributed by atoms with Crippen LogP contribution in [0.1, 0.15) is 24.8 Å². The molecule has 0 saturated carbocycles. The van der Waals surface area contributed by atoms with Gasteiger partial charge in [-0.15, -0.1) is 0 Å². The third-order valence-electron chi connectivity index (χ3n) is 4.22. The molecular weight excluding hydrogens is 254 g/mol. The van der Waals surface area contributed by atoms with Gasteiger partial charge >= 0.3 is 0 Å². The molecule has 1 heterocycles. The van der Waals surface area contributed by atoms with Crippen molar-refractivity contribution in [1.29, 1.82) is 0 Å². The van der Waals surface area contributed by atoms with Gasteiger partial charge in [0.1, 0.15) is 11.5 Å². The van der Waals surface area contributed by atoms with Gasteiger partial charge in [-0.3, -0.25) is 0 Å². The van der Waals surface area contributed by atoms with E-state index < -0.39 is 0 Å². The van der Waals surface area contributed by atoms with Gasteiger partial charge < -0.3 is 19.5 Å². The monoisotopic (exact) mass is 279 g/mol. The van der Waals surface area contributed by atoms with Crippen LogP contribution in [0, 0.1) is 0 Å². The molecule has 1 aromatic carbocycles. The average Bonchev–Trinajstić information content (AvgIpc) is 2.90. The standard InChI is InChI=1S/C16H25NO3/c1-17-10-4-5-14(17)15(18)9-7-12-6-8-13(19-2)11-16(12)20-3/h6,8,11,14-15,18H,4-5,7,9-10H2,1-3H3/t14-,15-/m1/s1. The van der Waals surface area contributed by atoms with Gasteiger partial charge in [0.25, 0.3) is 0 Å². The van der Waals surface area contributed by atoms with Crippen LogP contribution in [-0.2, 0) is 6.42 Å². The van der Waals surface area contributed by atoms with E-state index in [9.17, 15) is 5.11 Å². The van der Waals surface area contributed by atoms with E-state index in [-0.39, 0.29) is 6.10 Å². The normalized spacial score (nSPS) is 20.9. The summed E-state index contributed by atoms with van der Waals surface area (Å²) in [6.45, 7) is 1.09. The highest BCUT2D eigenvalue weighted by Crippen LogP contribution is 2.27. The Hall–Kier alpha value is -1.26. The smallest absolute Gasteiger partial charge is 0.125 e. The molecule has 1 saturated heterocycles. The van der Waals surface area contributed by atoms with E-state index in [1.54, 1.807) is 14.2 Å². The molecule has 1 N–H and O–H groups in total. The molecule has 112 valence electrons. The third-order valence-corrected chi connectivity index (χ3v) is 4.22. The lowest BCUT2D eigenvalue weighted by atomic mass is 10.00. The highest BCUT2D eigenvalue weighted by molar-refractivity contribution is 5.40. The van der Waals surface area contributed by atoms with E-state index in [0.717, 1.165) is 42.9 Å². The maximum atomic E-state index is 10.3. The molecule has 0 radical (unpaired) electrons. The highest BCUT2D eigenvalue weighted by atomic mass is 16.5. The van der Waals surface area contributed by atoms with E-state index in [2.05, 4.69) is 11.9 Å². The zero-order valence-electron chi connectivity index (χ0n) is 12.6. The summed E-state index contributed by atoms with van der Waals surface area (Å²) in [6.07, 6.45) is 3.59. The van der Waals surface area contributed by atoms with Crippen molar-refractivity contribution in [3.63, 3.8) is 0 Å². The minimum atomic E-state index is -0.269. The van der Waals surface area contributed by atoms with Crippen LogP contribution in [0.2, 0.25) is 0 Å². The van der Waals surface area contributed by atoms with E-state index in [0.29, 0.717) is 6.04 Å². The van der Waals surface area contributed by atoms with Gasteiger partial charge in [0, 0.05) is 12.1 Å². The fourth-order valence-corrected chi connectivity index (χ4v) is 2.98. The molecule has 0 bridgehead atoms. The molecule has 1 aliphatic heterocycles. The van der Waals surface area contributed by atoms with Crippen LogP contribution in [0.3, 0.4) is 0 Å². The summed E-state index contributed by atoms with van der Waals surface area (Å²) < 4.78 is 10.6. The number of likely N-dealkylation sites (tertiary alicyclic amines) is 1. The van der Waals surface area contributed by atoms with E-state index in [1.807, 2.05) is 18.2 Å². The number of rotatable bonds is 6.